The normalized spacial score (nSPS) is 21.7. The van der Waals surface area contributed by atoms with E-state index < -0.39 is 0 Å². The van der Waals surface area contributed by atoms with E-state index in [9.17, 15) is 4.79 Å². The Labute approximate surface area is 148 Å². The summed E-state index contributed by atoms with van der Waals surface area (Å²) in [5, 5.41) is 10.2. The predicted molar refractivity (Wildman–Crippen MR) is 97.3 cm³/mol. The summed E-state index contributed by atoms with van der Waals surface area (Å²) in [4.78, 5) is 14.8. The molecule has 0 spiro atoms. The maximum atomic E-state index is 12.5. The highest BCUT2D eigenvalue weighted by Crippen LogP contribution is 2.30. The van der Waals surface area contributed by atoms with Gasteiger partial charge in [0.15, 0.2) is 0 Å². The Bertz CT molecular complexity index is 704. The number of piperidine rings is 1. The lowest BCUT2D eigenvalue weighted by Crippen LogP contribution is -2.42. The third-order valence-electron chi connectivity index (χ3n) is 5.65. The molecule has 1 atom stereocenters. The average Bonchev–Trinajstić information content (AvgIpc) is 3.17. The van der Waals surface area contributed by atoms with Crippen molar-refractivity contribution in [3.8, 4) is 0 Å². The zero-order valence-electron chi connectivity index (χ0n) is 14.6. The summed E-state index contributed by atoms with van der Waals surface area (Å²) in [7, 11) is 0. The van der Waals surface area contributed by atoms with Gasteiger partial charge in [-0.15, -0.1) is 0 Å². The summed E-state index contributed by atoms with van der Waals surface area (Å²) < 4.78 is 0. The van der Waals surface area contributed by atoms with Crippen molar-refractivity contribution in [2.75, 3.05) is 19.6 Å². The molecule has 1 saturated heterocycles. The minimum absolute atomic E-state index is 0.156. The number of carbonyl (C=O) groups excluding carboxylic acids is 1. The van der Waals surface area contributed by atoms with Crippen molar-refractivity contribution in [2.45, 2.75) is 44.1 Å². The molecule has 1 unspecified atom stereocenters. The van der Waals surface area contributed by atoms with Crippen molar-refractivity contribution in [3.63, 3.8) is 0 Å². The van der Waals surface area contributed by atoms with Crippen LogP contribution in [-0.2, 0) is 11.2 Å². The number of carbonyl (C=O) groups is 1. The van der Waals surface area contributed by atoms with Gasteiger partial charge in [-0.25, -0.2) is 0 Å². The molecule has 132 valence electrons. The summed E-state index contributed by atoms with van der Waals surface area (Å²) in [6.45, 7) is 2.46. The van der Waals surface area contributed by atoms with Crippen molar-refractivity contribution in [1.82, 2.24) is 20.4 Å². The molecule has 1 aromatic carbocycles. The Hall–Kier alpha value is -2.14. The van der Waals surface area contributed by atoms with Gasteiger partial charge < -0.3 is 5.32 Å². The minimum atomic E-state index is 0.156. The van der Waals surface area contributed by atoms with Crippen LogP contribution in [0.15, 0.2) is 36.7 Å². The molecule has 1 amide bonds. The first-order chi connectivity index (χ1) is 12.3. The standard InChI is InChI=1S/C20H26N4O/c25-20(23-19-7-3-5-16-4-1-2-6-18(16)19)14-24-10-8-15(9-11-24)17-12-21-22-13-17/h1-2,4,6,12-13,15,19H,3,5,7-11,14H2,(H,21,22)(H,23,25). The number of aryl methyl sites for hydroxylation is 1. The van der Waals surface area contributed by atoms with E-state index in [0.29, 0.717) is 12.5 Å². The molecule has 0 bridgehead atoms. The lowest BCUT2D eigenvalue weighted by Gasteiger charge is -2.32. The van der Waals surface area contributed by atoms with Crippen LogP contribution in [0, 0.1) is 0 Å². The molecule has 5 heteroatoms. The van der Waals surface area contributed by atoms with Crippen LogP contribution >= 0.6 is 0 Å². The van der Waals surface area contributed by atoms with E-state index in [1.165, 1.54) is 16.7 Å². The van der Waals surface area contributed by atoms with Crippen LogP contribution in [0.3, 0.4) is 0 Å². The molecule has 0 radical (unpaired) electrons. The first-order valence-electron chi connectivity index (χ1n) is 9.38. The van der Waals surface area contributed by atoms with Crippen LogP contribution in [-0.4, -0.2) is 40.6 Å². The molecule has 2 heterocycles. The molecular formula is C20H26N4O. The van der Waals surface area contributed by atoms with E-state index in [-0.39, 0.29) is 11.9 Å². The van der Waals surface area contributed by atoms with E-state index >= 15 is 0 Å². The number of hydrogen-bond donors (Lipinski definition) is 2. The van der Waals surface area contributed by atoms with Gasteiger partial charge in [0, 0.05) is 6.20 Å². The number of nitrogens with one attached hydrogen (secondary N) is 2. The number of aromatic amines is 1. The van der Waals surface area contributed by atoms with E-state index in [0.717, 1.165) is 45.2 Å². The van der Waals surface area contributed by atoms with Crippen LogP contribution in [0.4, 0.5) is 0 Å². The molecular weight excluding hydrogens is 312 g/mol. The summed E-state index contributed by atoms with van der Waals surface area (Å²) in [6.07, 6.45) is 9.44. The van der Waals surface area contributed by atoms with E-state index in [1.54, 1.807) is 0 Å². The first-order valence-corrected chi connectivity index (χ1v) is 9.38. The number of aromatic nitrogens is 2. The third kappa shape index (κ3) is 3.76. The summed E-state index contributed by atoms with van der Waals surface area (Å²) in [5.41, 5.74) is 3.99. The fraction of sp³-hybridized carbons (Fsp3) is 0.500. The molecule has 5 nitrogen and oxygen atoms in total. The number of amides is 1. The molecule has 1 fully saturated rings. The second-order valence-electron chi connectivity index (χ2n) is 7.29. The number of nitrogens with zero attached hydrogens (tertiary/aromatic N) is 2. The van der Waals surface area contributed by atoms with Crippen LogP contribution in [0.25, 0.3) is 0 Å². The lowest BCUT2D eigenvalue weighted by molar-refractivity contribution is -0.123. The molecule has 2 aliphatic rings. The van der Waals surface area contributed by atoms with Crippen molar-refractivity contribution in [2.24, 2.45) is 0 Å². The highest BCUT2D eigenvalue weighted by atomic mass is 16.2. The van der Waals surface area contributed by atoms with Gasteiger partial charge in [0.1, 0.15) is 0 Å². The minimum Gasteiger partial charge on any atom is -0.348 e. The number of benzene rings is 1. The second-order valence-corrected chi connectivity index (χ2v) is 7.29. The van der Waals surface area contributed by atoms with Crippen LogP contribution in [0.2, 0.25) is 0 Å². The van der Waals surface area contributed by atoms with Crippen LogP contribution in [0.5, 0.6) is 0 Å². The van der Waals surface area contributed by atoms with E-state index in [2.05, 4.69) is 44.7 Å². The molecule has 0 saturated carbocycles. The largest absolute Gasteiger partial charge is 0.348 e. The number of likely N-dealkylation sites (tertiary alicyclic amines) is 1. The Morgan fingerprint density at radius 2 is 2.08 bits per heavy atom. The van der Waals surface area contributed by atoms with Gasteiger partial charge in [-0.05, 0) is 67.8 Å². The monoisotopic (exact) mass is 338 g/mol. The van der Waals surface area contributed by atoms with Crippen molar-refractivity contribution < 1.29 is 4.79 Å². The fourth-order valence-corrected chi connectivity index (χ4v) is 4.26. The number of fused-ring (bicyclic) bond motifs is 1. The smallest absolute Gasteiger partial charge is 0.234 e. The van der Waals surface area contributed by atoms with Crippen molar-refractivity contribution in [1.29, 1.82) is 0 Å². The Kier molecular flexibility index (Phi) is 4.83. The van der Waals surface area contributed by atoms with Crippen molar-refractivity contribution >= 4 is 5.91 Å². The highest BCUT2D eigenvalue weighted by molar-refractivity contribution is 5.78. The van der Waals surface area contributed by atoms with Gasteiger partial charge in [-0.2, -0.15) is 5.10 Å². The first kappa shape index (κ1) is 16.3. The third-order valence-corrected chi connectivity index (χ3v) is 5.65. The molecule has 4 rings (SSSR count). The maximum Gasteiger partial charge on any atom is 0.234 e. The lowest BCUT2D eigenvalue weighted by atomic mass is 9.87. The highest BCUT2D eigenvalue weighted by Gasteiger charge is 2.25. The molecule has 25 heavy (non-hydrogen) atoms. The van der Waals surface area contributed by atoms with E-state index in [1.807, 2.05) is 12.4 Å². The molecule has 2 N–H and O–H groups in total. The fourth-order valence-electron chi connectivity index (χ4n) is 4.26. The molecule has 2 aromatic rings. The van der Waals surface area contributed by atoms with Gasteiger partial charge in [-0.1, -0.05) is 24.3 Å². The van der Waals surface area contributed by atoms with Gasteiger partial charge >= 0.3 is 0 Å². The predicted octanol–water partition coefficient (Wildman–Crippen LogP) is 2.78. The SMILES string of the molecule is O=C(CN1CCC(c2cn[nH]c2)CC1)NC1CCCc2ccccc21. The number of rotatable bonds is 4. The molecule has 1 aliphatic carbocycles. The topological polar surface area (TPSA) is 61.0 Å². The van der Waals surface area contributed by atoms with Gasteiger partial charge in [-0.3, -0.25) is 14.8 Å². The summed E-state index contributed by atoms with van der Waals surface area (Å²) in [6, 6.07) is 8.70. The average molecular weight is 338 g/mol. The maximum absolute atomic E-state index is 12.5. The second kappa shape index (κ2) is 7.40. The zero-order valence-corrected chi connectivity index (χ0v) is 14.6. The van der Waals surface area contributed by atoms with Gasteiger partial charge in [0.05, 0.1) is 18.8 Å². The van der Waals surface area contributed by atoms with Gasteiger partial charge in [0.25, 0.3) is 0 Å². The van der Waals surface area contributed by atoms with Crippen molar-refractivity contribution in [3.05, 3.63) is 53.3 Å². The summed E-state index contributed by atoms with van der Waals surface area (Å²) >= 11 is 0. The zero-order chi connectivity index (χ0) is 17.1. The Morgan fingerprint density at radius 3 is 2.88 bits per heavy atom. The molecule has 1 aromatic heterocycles. The Balaban J connectivity index is 1.29. The number of hydrogen-bond acceptors (Lipinski definition) is 3. The molecule has 1 aliphatic heterocycles. The van der Waals surface area contributed by atoms with Crippen LogP contribution < -0.4 is 5.32 Å². The Morgan fingerprint density at radius 1 is 1.24 bits per heavy atom. The van der Waals surface area contributed by atoms with Crippen LogP contribution in [0.1, 0.15) is 54.3 Å². The van der Waals surface area contributed by atoms with E-state index in [4.69, 9.17) is 0 Å². The van der Waals surface area contributed by atoms with Gasteiger partial charge in [0.2, 0.25) is 5.91 Å². The summed E-state index contributed by atoms with van der Waals surface area (Å²) in [5.74, 6) is 0.728. The quantitative estimate of drug-likeness (QED) is 0.901. The number of H-pyrrole nitrogens is 1.